The lowest BCUT2D eigenvalue weighted by Crippen LogP contribution is -2.44. The lowest BCUT2D eigenvalue weighted by atomic mass is 9.85. The van der Waals surface area contributed by atoms with Gasteiger partial charge in [-0.25, -0.2) is 9.59 Å². The zero-order valence-electron chi connectivity index (χ0n) is 18.0. The Balaban J connectivity index is 1.96. The van der Waals surface area contributed by atoms with Gasteiger partial charge >= 0.3 is 12.2 Å². The first-order valence-electron chi connectivity index (χ1n) is 10.1. The van der Waals surface area contributed by atoms with Crippen LogP contribution in [0.4, 0.5) is 15.4 Å². The van der Waals surface area contributed by atoms with Gasteiger partial charge in [0.25, 0.3) is 0 Å². The minimum absolute atomic E-state index is 0.0624. The number of hydrogen-bond acceptors (Lipinski definition) is 6. The second-order valence-electron chi connectivity index (χ2n) is 9.03. The van der Waals surface area contributed by atoms with E-state index in [-0.39, 0.29) is 30.8 Å². The lowest BCUT2D eigenvalue weighted by Gasteiger charge is -2.33. The predicted octanol–water partition coefficient (Wildman–Crippen LogP) is 3.61. The molecule has 1 saturated carbocycles. The van der Waals surface area contributed by atoms with Gasteiger partial charge in [-0.3, -0.25) is 9.69 Å². The Kier molecular flexibility index (Phi) is 5.36. The highest BCUT2D eigenvalue weighted by atomic mass is 16.6. The van der Waals surface area contributed by atoms with Crippen LogP contribution in [0.5, 0.6) is 0 Å². The highest BCUT2D eigenvalue weighted by molar-refractivity contribution is 5.95. The molecule has 0 aromatic carbocycles. The first kappa shape index (κ1) is 21.1. The van der Waals surface area contributed by atoms with Crippen molar-refractivity contribution in [3.8, 4) is 0 Å². The number of fused-ring (bicyclic) bond motifs is 1. The van der Waals surface area contributed by atoms with Gasteiger partial charge < -0.3 is 14.8 Å². The van der Waals surface area contributed by atoms with E-state index in [1.165, 1.54) is 0 Å². The number of rotatable bonds is 3. The second kappa shape index (κ2) is 7.35. The molecule has 9 heteroatoms. The number of hydrogen-bond donors (Lipinski definition) is 1. The number of amides is 2. The Labute approximate surface area is 170 Å². The molecular formula is C20H30N4O5. The number of nitrogens with zero attached hydrogens (tertiary/aromatic N) is 3. The molecule has 0 atom stereocenters. The van der Waals surface area contributed by atoms with Crippen LogP contribution in [-0.2, 0) is 26.4 Å². The molecule has 1 aromatic rings. The highest BCUT2D eigenvalue weighted by Crippen LogP contribution is 2.42. The minimum Gasteiger partial charge on any atom is -0.448 e. The molecule has 0 bridgehead atoms. The van der Waals surface area contributed by atoms with E-state index in [9.17, 15) is 14.4 Å². The normalized spacial score (nSPS) is 18.1. The maximum atomic E-state index is 12.8. The molecule has 9 nitrogen and oxygen atoms in total. The summed E-state index contributed by atoms with van der Waals surface area (Å²) >= 11 is 0. The van der Waals surface area contributed by atoms with Crippen LogP contribution in [0.2, 0.25) is 0 Å². The maximum absolute atomic E-state index is 12.8. The first-order chi connectivity index (χ1) is 13.5. The molecule has 1 N–H and O–H groups in total. The van der Waals surface area contributed by atoms with Crippen molar-refractivity contribution in [2.24, 2.45) is 5.92 Å². The van der Waals surface area contributed by atoms with E-state index in [2.05, 4.69) is 10.4 Å². The molecule has 0 saturated heterocycles. The molecule has 0 unspecified atom stereocenters. The molecule has 160 valence electrons. The Bertz CT molecular complexity index is 833. The fourth-order valence-corrected chi connectivity index (χ4v) is 3.52. The van der Waals surface area contributed by atoms with Gasteiger partial charge in [0.1, 0.15) is 11.4 Å². The summed E-state index contributed by atoms with van der Waals surface area (Å²) in [5.74, 6) is 0.0695. The zero-order chi connectivity index (χ0) is 21.6. The average molecular weight is 406 g/mol. The molecule has 1 aliphatic heterocycles. The SMILES string of the molecule is CCOC(=O)n1nc2c(c1NC(=O)C1CCC1)CN(C(=O)OC(C)(C)C)C2(C)C. The number of aromatic nitrogens is 2. The molecule has 29 heavy (non-hydrogen) atoms. The molecule has 1 aromatic heterocycles. The fraction of sp³-hybridized carbons (Fsp3) is 0.700. The Morgan fingerprint density at radius 2 is 1.86 bits per heavy atom. The summed E-state index contributed by atoms with van der Waals surface area (Å²) in [6.07, 6.45) is 1.55. The summed E-state index contributed by atoms with van der Waals surface area (Å²) in [4.78, 5) is 39.3. The number of nitrogens with one attached hydrogen (secondary N) is 1. The number of ether oxygens (including phenoxy) is 2. The van der Waals surface area contributed by atoms with Crippen LogP contribution in [0.3, 0.4) is 0 Å². The number of carbonyl (C=O) groups is 3. The molecule has 3 rings (SSSR count). The van der Waals surface area contributed by atoms with Crippen LogP contribution in [0.15, 0.2) is 0 Å². The third kappa shape index (κ3) is 3.95. The maximum Gasteiger partial charge on any atom is 0.436 e. The monoisotopic (exact) mass is 406 g/mol. The van der Waals surface area contributed by atoms with Crippen LogP contribution in [0, 0.1) is 5.92 Å². The van der Waals surface area contributed by atoms with Crippen LogP contribution >= 0.6 is 0 Å². The molecule has 2 heterocycles. The van der Waals surface area contributed by atoms with E-state index < -0.39 is 23.3 Å². The summed E-state index contributed by atoms with van der Waals surface area (Å²) in [7, 11) is 0. The fourth-order valence-electron chi connectivity index (χ4n) is 3.52. The van der Waals surface area contributed by atoms with Crippen molar-refractivity contribution in [1.29, 1.82) is 0 Å². The molecule has 1 fully saturated rings. The summed E-state index contributed by atoms with van der Waals surface area (Å²) in [5, 5.41) is 7.28. The largest absolute Gasteiger partial charge is 0.448 e. The highest BCUT2D eigenvalue weighted by Gasteiger charge is 2.47. The van der Waals surface area contributed by atoms with Gasteiger partial charge in [0.15, 0.2) is 0 Å². The van der Waals surface area contributed by atoms with Gasteiger partial charge in [-0.15, -0.1) is 4.68 Å². The van der Waals surface area contributed by atoms with E-state index in [0.717, 1.165) is 23.9 Å². The van der Waals surface area contributed by atoms with Gasteiger partial charge in [0, 0.05) is 11.5 Å². The van der Waals surface area contributed by atoms with Crippen LogP contribution in [0.25, 0.3) is 0 Å². The quantitative estimate of drug-likeness (QED) is 0.822. The van der Waals surface area contributed by atoms with Crippen molar-refractivity contribution in [3.05, 3.63) is 11.3 Å². The van der Waals surface area contributed by atoms with Crippen LogP contribution in [-0.4, -0.2) is 45.0 Å². The van der Waals surface area contributed by atoms with Crippen molar-refractivity contribution < 1.29 is 23.9 Å². The first-order valence-corrected chi connectivity index (χ1v) is 10.1. The van der Waals surface area contributed by atoms with E-state index in [4.69, 9.17) is 9.47 Å². The predicted molar refractivity (Wildman–Crippen MR) is 105 cm³/mol. The Morgan fingerprint density at radius 1 is 1.21 bits per heavy atom. The van der Waals surface area contributed by atoms with Gasteiger partial charge in [0.2, 0.25) is 5.91 Å². The average Bonchev–Trinajstić information content (AvgIpc) is 3.00. The Morgan fingerprint density at radius 3 is 2.38 bits per heavy atom. The molecule has 2 amide bonds. The Hall–Kier alpha value is -2.58. The van der Waals surface area contributed by atoms with E-state index in [0.29, 0.717) is 11.3 Å². The third-order valence-electron chi connectivity index (χ3n) is 5.33. The summed E-state index contributed by atoms with van der Waals surface area (Å²) < 4.78 is 11.7. The topological polar surface area (TPSA) is 103 Å². The molecular weight excluding hydrogens is 376 g/mol. The molecule has 0 radical (unpaired) electrons. The van der Waals surface area contributed by atoms with Gasteiger partial charge in [-0.2, -0.15) is 5.10 Å². The van der Waals surface area contributed by atoms with Crippen molar-refractivity contribution in [2.75, 3.05) is 11.9 Å². The van der Waals surface area contributed by atoms with Gasteiger partial charge in [-0.1, -0.05) is 6.42 Å². The second-order valence-corrected chi connectivity index (χ2v) is 9.03. The summed E-state index contributed by atoms with van der Waals surface area (Å²) in [6, 6.07) is 0. The van der Waals surface area contributed by atoms with Crippen LogP contribution in [0.1, 0.15) is 72.1 Å². The van der Waals surface area contributed by atoms with Crippen molar-refractivity contribution >= 4 is 23.9 Å². The third-order valence-corrected chi connectivity index (χ3v) is 5.33. The van der Waals surface area contributed by atoms with Crippen LogP contribution < -0.4 is 5.32 Å². The zero-order valence-corrected chi connectivity index (χ0v) is 18.0. The molecule has 0 spiro atoms. The number of anilines is 1. The van der Waals surface area contributed by atoms with E-state index in [1.54, 1.807) is 32.6 Å². The minimum atomic E-state index is -0.814. The van der Waals surface area contributed by atoms with Crippen molar-refractivity contribution in [2.45, 2.75) is 78.5 Å². The summed E-state index contributed by atoms with van der Waals surface area (Å²) in [5.41, 5.74) is -0.285. The van der Waals surface area contributed by atoms with Crippen molar-refractivity contribution in [1.82, 2.24) is 14.7 Å². The van der Waals surface area contributed by atoms with Gasteiger partial charge in [0.05, 0.1) is 24.4 Å². The van der Waals surface area contributed by atoms with Gasteiger partial charge in [-0.05, 0) is 54.4 Å². The smallest absolute Gasteiger partial charge is 0.436 e. The number of carbonyl (C=O) groups excluding carboxylic acids is 3. The standard InChI is InChI=1S/C20H30N4O5/c1-7-28-18(27)24-15(21-16(25)12-9-8-10-12)13-11-23(17(26)29-19(2,3)4)20(5,6)14(13)22-24/h12H,7-11H2,1-6H3,(H,21,25). The molecule has 1 aliphatic carbocycles. The van der Waals surface area contributed by atoms with Crippen molar-refractivity contribution in [3.63, 3.8) is 0 Å². The summed E-state index contributed by atoms with van der Waals surface area (Å²) in [6.45, 7) is 11.2. The van der Waals surface area contributed by atoms with E-state index in [1.807, 2.05) is 13.8 Å². The molecule has 2 aliphatic rings. The van der Waals surface area contributed by atoms with E-state index >= 15 is 0 Å². The lowest BCUT2D eigenvalue weighted by molar-refractivity contribution is -0.122.